The van der Waals surface area contributed by atoms with Gasteiger partial charge in [0.1, 0.15) is 5.41 Å². The third kappa shape index (κ3) is 2.89. The van der Waals surface area contributed by atoms with Crippen molar-refractivity contribution in [3.63, 3.8) is 0 Å². The normalized spacial score (nSPS) is 10.8. The van der Waals surface area contributed by atoms with Gasteiger partial charge in [-0.3, -0.25) is 4.79 Å². The topological polar surface area (TPSA) is 52.9 Å². The minimum atomic E-state index is -1.01. The lowest BCUT2D eigenvalue weighted by Gasteiger charge is -2.19. The molecule has 0 saturated heterocycles. The molecule has 3 heteroatoms. The minimum absolute atomic E-state index is 0.249. The molecule has 0 aliphatic rings. The largest absolute Gasteiger partial charge is 0.324 e. The van der Waals surface area contributed by atoms with Crippen molar-refractivity contribution < 1.29 is 4.79 Å². The fraction of sp³-hybridized carbons (Fsp3) is 0.467. The van der Waals surface area contributed by atoms with Crippen molar-refractivity contribution in [2.24, 2.45) is 5.41 Å². The van der Waals surface area contributed by atoms with E-state index in [-0.39, 0.29) is 5.91 Å². The van der Waals surface area contributed by atoms with Gasteiger partial charge in [-0.05, 0) is 37.8 Å². The van der Waals surface area contributed by atoms with Gasteiger partial charge < -0.3 is 5.32 Å². The van der Waals surface area contributed by atoms with Gasteiger partial charge in [0.15, 0.2) is 0 Å². The highest BCUT2D eigenvalue weighted by molar-refractivity contribution is 5.97. The molecule has 0 unspecified atom stereocenters. The molecular formula is C15H20N2O. The number of nitrogens with zero attached hydrogens (tertiary/aromatic N) is 1. The van der Waals surface area contributed by atoms with Crippen LogP contribution < -0.4 is 5.32 Å². The van der Waals surface area contributed by atoms with Gasteiger partial charge in [-0.2, -0.15) is 5.26 Å². The smallest absolute Gasteiger partial charge is 0.244 e. The van der Waals surface area contributed by atoms with E-state index in [2.05, 4.69) is 19.2 Å². The first-order valence-electron chi connectivity index (χ1n) is 6.29. The molecule has 1 N–H and O–H groups in total. The molecule has 0 aliphatic carbocycles. The van der Waals surface area contributed by atoms with Gasteiger partial charge >= 0.3 is 0 Å². The first kappa shape index (κ1) is 14.2. The maximum absolute atomic E-state index is 12.1. The zero-order valence-corrected chi connectivity index (χ0v) is 11.5. The monoisotopic (exact) mass is 244 g/mol. The van der Waals surface area contributed by atoms with E-state index in [1.807, 2.05) is 24.3 Å². The Bertz CT molecular complexity index is 462. The summed E-state index contributed by atoms with van der Waals surface area (Å²) >= 11 is 0. The maximum Gasteiger partial charge on any atom is 0.244 e. The van der Waals surface area contributed by atoms with Gasteiger partial charge in [-0.15, -0.1) is 0 Å². The molecule has 0 aromatic heterocycles. The lowest BCUT2D eigenvalue weighted by atomic mass is 9.93. The van der Waals surface area contributed by atoms with Crippen LogP contribution in [0.1, 0.15) is 38.8 Å². The fourth-order valence-electron chi connectivity index (χ4n) is 1.72. The lowest BCUT2D eigenvalue weighted by molar-refractivity contribution is -0.121. The summed E-state index contributed by atoms with van der Waals surface area (Å²) in [5, 5.41) is 11.9. The third-order valence-corrected chi connectivity index (χ3v) is 3.08. The zero-order chi connectivity index (χ0) is 13.8. The highest BCUT2D eigenvalue weighted by Gasteiger charge is 2.28. The number of anilines is 1. The molecule has 0 aliphatic heterocycles. The van der Waals surface area contributed by atoms with Crippen LogP contribution in [-0.4, -0.2) is 5.91 Å². The van der Waals surface area contributed by atoms with E-state index in [4.69, 9.17) is 5.26 Å². The van der Waals surface area contributed by atoms with E-state index < -0.39 is 5.41 Å². The van der Waals surface area contributed by atoms with Crippen molar-refractivity contribution in [3.8, 4) is 6.07 Å². The van der Waals surface area contributed by atoms with Gasteiger partial charge in [0.2, 0.25) is 5.91 Å². The summed E-state index contributed by atoms with van der Waals surface area (Å²) in [6, 6.07) is 8.04. The maximum atomic E-state index is 12.1. The molecule has 96 valence electrons. The zero-order valence-electron chi connectivity index (χ0n) is 11.5. The highest BCUT2D eigenvalue weighted by atomic mass is 16.2. The summed E-state index contributed by atoms with van der Waals surface area (Å²) in [4.78, 5) is 12.1. The molecule has 1 rings (SSSR count). The van der Waals surface area contributed by atoms with Gasteiger partial charge in [-0.1, -0.05) is 32.0 Å². The lowest BCUT2D eigenvalue weighted by Crippen LogP contribution is -2.30. The van der Waals surface area contributed by atoms with Crippen molar-refractivity contribution in [3.05, 3.63) is 29.3 Å². The molecule has 1 aromatic carbocycles. The number of carbonyl (C=O) groups excluding carboxylic acids is 1. The van der Waals surface area contributed by atoms with Crippen molar-refractivity contribution in [2.75, 3.05) is 5.32 Å². The molecular weight excluding hydrogens is 224 g/mol. The van der Waals surface area contributed by atoms with Gasteiger partial charge in [0, 0.05) is 5.69 Å². The second-order valence-electron chi connectivity index (χ2n) is 4.85. The Balaban J connectivity index is 3.11. The Morgan fingerprint density at radius 1 is 1.28 bits per heavy atom. The molecule has 1 amide bonds. The van der Waals surface area contributed by atoms with Crippen LogP contribution >= 0.6 is 0 Å². The molecule has 0 fully saturated rings. The van der Waals surface area contributed by atoms with Crippen LogP contribution in [0.3, 0.4) is 0 Å². The Labute approximate surface area is 109 Å². The van der Waals surface area contributed by atoms with Crippen molar-refractivity contribution in [1.82, 2.24) is 0 Å². The molecule has 1 aromatic rings. The average molecular weight is 244 g/mol. The molecule has 18 heavy (non-hydrogen) atoms. The van der Waals surface area contributed by atoms with Crippen LogP contribution in [-0.2, 0) is 17.6 Å². The summed E-state index contributed by atoms with van der Waals surface area (Å²) in [5.41, 5.74) is 2.08. The molecule has 0 atom stereocenters. The Morgan fingerprint density at radius 2 is 1.78 bits per heavy atom. The van der Waals surface area contributed by atoms with Crippen molar-refractivity contribution in [2.45, 2.75) is 40.5 Å². The second kappa shape index (κ2) is 5.68. The number of carbonyl (C=O) groups is 1. The number of para-hydroxylation sites is 1. The first-order valence-corrected chi connectivity index (χ1v) is 6.29. The SMILES string of the molecule is CCc1cccc(CC)c1NC(=O)C(C)(C)C#N. The predicted octanol–water partition coefficient (Wildman–Crippen LogP) is 3.30. The Morgan fingerprint density at radius 3 is 2.17 bits per heavy atom. The van der Waals surface area contributed by atoms with Crippen LogP contribution in [0.2, 0.25) is 0 Å². The number of hydrogen-bond donors (Lipinski definition) is 1. The Kier molecular flexibility index (Phi) is 4.49. The second-order valence-corrected chi connectivity index (χ2v) is 4.85. The molecule has 0 bridgehead atoms. The number of nitriles is 1. The highest BCUT2D eigenvalue weighted by Crippen LogP contribution is 2.25. The predicted molar refractivity (Wildman–Crippen MR) is 73.2 cm³/mol. The van der Waals surface area contributed by atoms with E-state index in [1.165, 1.54) is 0 Å². The summed E-state index contributed by atoms with van der Waals surface area (Å²) < 4.78 is 0. The van der Waals surface area contributed by atoms with Crippen LogP contribution in [0, 0.1) is 16.7 Å². The number of amides is 1. The summed E-state index contributed by atoms with van der Waals surface area (Å²) in [5.74, 6) is -0.249. The van der Waals surface area contributed by atoms with E-state index >= 15 is 0 Å². The summed E-state index contributed by atoms with van der Waals surface area (Å²) in [7, 11) is 0. The number of benzene rings is 1. The van der Waals surface area contributed by atoms with E-state index in [9.17, 15) is 4.79 Å². The standard InChI is InChI=1S/C15H20N2O/c1-5-11-8-7-9-12(6-2)13(11)17-14(18)15(3,4)10-16/h7-9H,5-6H2,1-4H3,(H,17,18). The molecule has 3 nitrogen and oxygen atoms in total. The van der Waals surface area contributed by atoms with Gasteiger partial charge in [0.25, 0.3) is 0 Å². The summed E-state index contributed by atoms with van der Waals surface area (Å²) in [6.07, 6.45) is 1.72. The van der Waals surface area contributed by atoms with Crippen LogP contribution in [0.5, 0.6) is 0 Å². The number of aryl methyl sites for hydroxylation is 2. The van der Waals surface area contributed by atoms with Crippen molar-refractivity contribution >= 4 is 11.6 Å². The molecule has 0 radical (unpaired) electrons. The van der Waals surface area contributed by atoms with Crippen molar-refractivity contribution in [1.29, 1.82) is 5.26 Å². The van der Waals surface area contributed by atoms with Crippen LogP contribution in [0.4, 0.5) is 5.69 Å². The molecule has 0 heterocycles. The minimum Gasteiger partial charge on any atom is -0.324 e. The van der Waals surface area contributed by atoms with E-state index in [0.29, 0.717) is 0 Å². The first-order chi connectivity index (χ1) is 8.46. The van der Waals surface area contributed by atoms with Crippen LogP contribution in [0.25, 0.3) is 0 Å². The Hall–Kier alpha value is -1.82. The quantitative estimate of drug-likeness (QED) is 0.883. The number of nitrogens with one attached hydrogen (secondary N) is 1. The van der Waals surface area contributed by atoms with E-state index in [0.717, 1.165) is 29.7 Å². The average Bonchev–Trinajstić information content (AvgIpc) is 2.38. The van der Waals surface area contributed by atoms with E-state index in [1.54, 1.807) is 13.8 Å². The number of hydrogen-bond acceptors (Lipinski definition) is 2. The van der Waals surface area contributed by atoms with Gasteiger partial charge in [0.05, 0.1) is 6.07 Å². The molecule has 0 saturated carbocycles. The van der Waals surface area contributed by atoms with Gasteiger partial charge in [-0.25, -0.2) is 0 Å². The summed E-state index contributed by atoms with van der Waals surface area (Å²) in [6.45, 7) is 7.37. The molecule has 0 spiro atoms. The number of rotatable bonds is 4. The fourth-order valence-corrected chi connectivity index (χ4v) is 1.72. The third-order valence-electron chi connectivity index (χ3n) is 3.08. The van der Waals surface area contributed by atoms with Crippen LogP contribution in [0.15, 0.2) is 18.2 Å².